The van der Waals surface area contributed by atoms with Gasteiger partial charge in [-0.1, -0.05) is 6.92 Å². The van der Waals surface area contributed by atoms with E-state index in [1.54, 1.807) is 29.2 Å². The first-order valence-electron chi connectivity index (χ1n) is 8.93. The van der Waals surface area contributed by atoms with Crippen molar-refractivity contribution in [2.24, 2.45) is 5.92 Å². The zero-order chi connectivity index (χ0) is 19.2. The van der Waals surface area contributed by atoms with E-state index in [4.69, 9.17) is 9.15 Å². The van der Waals surface area contributed by atoms with Crippen LogP contribution in [0.2, 0.25) is 0 Å². The number of hydrogen-bond acceptors (Lipinski definition) is 5. The van der Waals surface area contributed by atoms with Crippen molar-refractivity contribution in [3.8, 4) is 0 Å². The summed E-state index contributed by atoms with van der Waals surface area (Å²) >= 11 is 0. The average Bonchev–Trinajstić information content (AvgIpc) is 3.22. The largest absolute Gasteiger partial charge is 0.459 e. The Hall–Kier alpha value is -3.09. The van der Waals surface area contributed by atoms with Crippen LogP contribution in [0.4, 0.5) is 5.69 Å². The van der Waals surface area contributed by atoms with Gasteiger partial charge in [0, 0.05) is 18.8 Å². The lowest BCUT2D eigenvalue weighted by atomic mass is 9.99. The molecule has 2 aromatic rings. The van der Waals surface area contributed by atoms with E-state index in [9.17, 15) is 14.4 Å². The highest BCUT2D eigenvalue weighted by molar-refractivity contribution is 6.02. The topological polar surface area (TPSA) is 88.9 Å². The van der Waals surface area contributed by atoms with E-state index in [1.165, 1.54) is 18.4 Å². The van der Waals surface area contributed by atoms with Crippen LogP contribution in [0.1, 0.15) is 40.7 Å². The highest BCUT2D eigenvalue weighted by Crippen LogP contribution is 2.16. The molecule has 1 aliphatic heterocycles. The molecule has 2 heterocycles. The fourth-order valence-corrected chi connectivity index (χ4v) is 2.85. The zero-order valence-electron chi connectivity index (χ0n) is 15.1. The molecule has 142 valence electrons. The number of rotatable bonds is 5. The molecule has 1 aromatic carbocycles. The quantitative estimate of drug-likeness (QED) is 0.818. The number of nitrogens with one attached hydrogen (secondary N) is 1. The van der Waals surface area contributed by atoms with E-state index in [0.717, 1.165) is 12.8 Å². The predicted octanol–water partition coefficient (Wildman–Crippen LogP) is 2.95. The normalized spacial score (nSPS) is 14.6. The SMILES string of the molecule is CC1CCN(C(=O)COC(=O)c2ccc(NC(=O)c3ccco3)cc2)CC1. The van der Waals surface area contributed by atoms with Gasteiger partial charge in [-0.3, -0.25) is 9.59 Å². The average molecular weight is 370 g/mol. The van der Waals surface area contributed by atoms with Crippen LogP contribution in [0.25, 0.3) is 0 Å². The maximum absolute atomic E-state index is 12.1. The molecule has 0 unspecified atom stereocenters. The Bertz CT molecular complexity index is 790. The molecule has 1 aliphatic rings. The van der Waals surface area contributed by atoms with E-state index < -0.39 is 5.97 Å². The van der Waals surface area contributed by atoms with Crippen LogP contribution in [-0.2, 0) is 9.53 Å². The Morgan fingerprint density at radius 2 is 1.85 bits per heavy atom. The Kier molecular flexibility index (Phi) is 5.90. The van der Waals surface area contributed by atoms with Gasteiger partial charge in [-0.05, 0) is 55.2 Å². The lowest BCUT2D eigenvalue weighted by Gasteiger charge is -2.30. The minimum atomic E-state index is -0.572. The summed E-state index contributed by atoms with van der Waals surface area (Å²) in [7, 11) is 0. The number of hydrogen-bond donors (Lipinski definition) is 1. The third-order valence-corrected chi connectivity index (χ3v) is 4.59. The predicted molar refractivity (Wildman–Crippen MR) is 98.4 cm³/mol. The molecule has 1 fully saturated rings. The van der Waals surface area contributed by atoms with Crippen molar-refractivity contribution < 1.29 is 23.5 Å². The summed E-state index contributed by atoms with van der Waals surface area (Å²) in [6.45, 7) is 3.33. The first-order chi connectivity index (χ1) is 13.0. The molecule has 2 amide bonds. The van der Waals surface area contributed by atoms with Crippen LogP contribution < -0.4 is 5.32 Å². The van der Waals surface area contributed by atoms with Gasteiger partial charge >= 0.3 is 5.97 Å². The van der Waals surface area contributed by atoms with E-state index in [2.05, 4.69) is 12.2 Å². The molecule has 1 saturated heterocycles. The second-order valence-electron chi connectivity index (χ2n) is 6.65. The van der Waals surface area contributed by atoms with Crippen LogP contribution in [0.5, 0.6) is 0 Å². The summed E-state index contributed by atoms with van der Waals surface area (Å²) in [6, 6.07) is 9.43. The summed E-state index contributed by atoms with van der Waals surface area (Å²) in [5.74, 6) is -0.292. The molecular formula is C20H22N2O5. The summed E-state index contributed by atoms with van der Waals surface area (Å²) in [6.07, 6.45) is 3.37. The molecular weight excluding hydrogens is 348 g/mol. The van der Waals surface area contributed by atoms with Gasteiger partial charge in [0.2, 0.25) is 0 Å². The maximum atomic E-state index is 12.1. The maximum Gasteiger partial charge on any atom is 0.338 e. The first-order valence-corrected chi connectivity index (χ1v) is 8.93. The van der Waals surface area contributed by atoms with Crippen molar-refractivity contribution >= 4 is 23.5 Å². The first kappa shape index (κ1) is 18.7. The van der Waals surface area contributed by atoms with Gasteiger partial charge in [-0.2, -0.15) is 0 Å². The standard InChI is InChI=1S/C20H22N2O5/c1-14-8-10-22(11-9-14)18(23)13-27-20(25)15-4-6-16(7-5-15)21-19(24)17-3-2-12-26-17/h2-7,12,14H,8-11,13H2,1H3,(H,21,24). The molecule has 1 aromatic heterocycles. The van der Waals surface area contributed by atoms with E-state index in [1.807, 2.05) is 0 Å². The fourth-order valence-electron chi connectivity index (χ4n) is 2.85. The Morgan fingerprint density at radius 1 is 1.15 bits per heavy atom. The number of carbonyl (C=O) groups is 3. The van der Waals surface area contributed by atoms with Crippen molar-refractivity contribution in [1.82, 2.24) is 4.90 Å². The molecule has 0 atom stereocenters. The summed E-state index contributed by atoms with van der Waals surface area (Å²) in [4.78, 5) is 37.9. The number of furan rings is 1. The molecule has 0 bridgehead atoms. The van der Waals surface area contributed by atoms with Gasteiger partial charge in [0.15, 0.2) is 12.4 Å². The minimum Gasteiger partial charge on any atom is -0.459 e. The monoisotopic (exact) mass is 370 g/mol. The van der Waals surface area contributed by atoms with Crippen molar-refractivity contribution in [2.45, 2.75) is 19.8 Å². The Labute approximate surface area is 157 Å². The molecule has 0 aliphatic carbocycles. The smallest absolute Gasteiger partial charge is 0.338 e. The van der Waals surface area contributed by atoms with Gasteiger partial charge in [0.1, 0.15) is 0 Å². The second kappa shape index (κ2) is 8.53. The molecule has 7 nitrogen and oxygen atoms in total. The zero-order valence-corrected chi connectivity index (χ0v) is 15.1. The van der Waals surface area contributed by atoms with Crippen LogP contribution in [0, 0.1) is 5.92 Å². The number of amides is 2. The molecule has 27 heavy (non-hydrogen) atoms. The number of anilines is 1. The lowest BCUT2D eigenvalue weighted by Crippen LogP contribution is -2.40. The van der Waals surface area contributed by atoms with Gasteiger partial charge in [-0.15, -0.1) is 0 Å². The lowest BCUT2D eigenvalue weighted by molar-refractivity contribution is -0.135. The van der Waals surface area contributed by atoms with Crippen LogP contribution >= 0.6 is 0 Å². The fraction of sp³-hybridized carbons (Fsp3) is 0.350. The van der Waals surface area contributed by atoms with E-state index >= 15 is 0 Å². The highest BCUT2D eigenvalue weighted by Gasteiger charge is 2.21. The number of benzene rings is 1. The van der Waals surface area contributed by atoms with E-state index in [0.29, 0.717) is 30.3 Å². The molecule has 0 spiro atoms. The highest BCUT2D eigenvalue weighted by atomic mass is 16.5. The number of piperidine rings is 1. The van der Waals surface area contributed by atoms with Crippen LogP contribution in [-0.4, -0.2) is 42.4 Å². The number of likely N-dealkylation sites (tertiary alicyclic amines) is 1. The van der Waals surface area contributed by atoms with Crippen molar-refractivity contribution in [1.29, 1.82) is 0 Å². The van der Waals surface area contributed by atoms with Crippen molar-refractivity contribution in [3.05, 3.63) is 54.0 Å². The summed E-state index contributed by atoms with van der Waals surface area (Å²) in [5.41, 5.74) is 0.831. The number of carbonyl (C=O) groups excluding carboxylic acids is 3. The molecule has 0 saturated carbocycles. The van der Waals surface area contributed by atoms with Gasteiger partial charge in [0.25, 0.3) is 11.8 Å². The van der Waals surface area contributed by atoms with Gasteiger partial charge < -0.3 is 19.4 Å². The van der Waals surface area contributed by atoms with Gasteiger partial charge in [-0.25, -0.2) is 4.79 Å². The van der Waals surface area contributed by atoms with Gasteiger partial charge in [0.05, 0.1) is 11.8 Å². The Balaban J connectivity index is 1.48. The van der Waals surface area contributed by atoms with Crippen molar-refractivity contribution in [2.75, 3.05) is 25.0 Å². The van der Waals surface area contributed by atoms with Crippen LogP contribution in [0.3, 0.4) is 0 Å². The second-order valence-corrected chi connectivity index (χ2v) is 6.65. The van der Waals surface area contributed by atoms with Crippen LogP contribution in [0.15, 0.2) is 47.1 Å². The molecule has 3 rings (SSSR count). The third-order valence-electron chi connectivity index (χ3n) is 4.59. The number of ether oxygens (including phenoxy) is 1. The van der Waals surface area contributed by atoms with E-state index in [-0.39, 0.29) is 24.2 Å². The van der Waals surface area contributed by atoms with Crippen molar-refractivity contribution in [3.63, 3.8) is 0 Å². The molecule has 1 N–H and O–H groups in total. The number of nitrogens with zero attached hydrogens (tertiary/aromatic N) is 1. The summed E-state index contributed by atoms with van der Waals surface area (Å²) < 4.78 is 10.1. The summed E-state index contributed by atoms with van der Waals surface area (Å²) in [5, 5.41) is 2.66. The molecule has 0 radical (unpaired) electrons. The Morgan fingerprint density at radius 3 is 2.48 bits per heavy atom. The molecule has 7 heteroatoms. The minimum absolute atomic E-state index is 0.169. The number of esters is 1. The third kappa shape index (κ3) is 4.97.